The molecule has 0 atom stereocenters. The Bertz CT molecular complexity index is 894. The van der Waals surface area contributed by atoms with Gasteiger partial charge in [-0.1, -0.05) is 54.1 Å². The topological polar surface area (TPSA) is 49.3 Å². The third-order valence-electron chi connectivity index (χ3n) is 4.15. The van der Waals surface area contributed by atoms with Gasteiger partial charge in [-0.3, -0.25) is 4.79 Å². The van der Waals surface area contributed by atoms with Crippen LogP contribution in [0.15, 0.2) is 72.8 Å². The molecule has 132 valence electrons. The predicted octanol–water partition coefficient (Wildman–Crippen LogP) is 5.08. The van der Waals surface area contributed by atoms with Gasteiger partial charge in [0.1, 0.15) is 5.75 Å². The van der Waals surface area contributed by atoms with Crippen molar-refractivity contribution in [2.45, 2.75) is 12.8 Å². The average molecular weight is 366 g/mol. The van der Waals surface area contributed by atoms with Crippen molar-refractivity contribution >= 4 is 17.5 Å². The van der Waals surface area contributed by atoms with Crippen LogP contribution in [0.5, 0.6) is 5.75 Å². The van der Waals surface area contributed by atoms with Crippen LogP contribution in [0, 0.1) is 0 Å². The van der Waals surface area contributed by atoms with Gasteiger partial charge in [0.15, 0.2) is 0 Å². The summed E-state index contributed by atoms with van der Waals surface area (Å²) in [4.78, 5) is 12.6. The minimum absolute atomic E-state index is 0.0604. The molecule has 3 aromatic rings. The fourth-order valence-electron chi connectivity index (χ4n) is 2.86. The molecule has 26 heavy (non-hydrogen) atoms. The van der Waals surface area contributed by atoms with Crippen molar-refractivity contribution in [1.82, 2.24) is 5.32 Å². The van der Waals surface area contributed by atoms with Crippen LogP contribution in [0.3, 0.4) is 0 Å². The number of halogens is 1. The smallest absolute Gasteiger partial charge is 0.252 e. The molecule has 0 radical (unpaired) electrons. The molecule has 0 saturated carbocycles. The summed E-state index contributed by atoms with van der Waals surface area (Å²) in [6.07, 6.45) is 1.75. The van der Waals surface area contributed by atoms with Crippen molar-refractivity contribution in [1.29, 1.82) is 0 Å². The maximum Gasteiger partial charge on any atom is 0.252 e. The quantitative estimate of drug-likeness (QED) is 0.599. The summed E-state index contributed by atoms with van der Waals surface area (Å²) in [5.74, 6) is -0.144. The molecule has 0 heterocycles. The Hall–Kier alpha value is -2.78. The van der Waals surface area contributed by atoms with Gasteiger partial charge in [-0.15, -0.1) is 0 Å². The number of rotatable bonds is 6. The molecule has 0 unspecified atom stereocenters. The maximum absolute atomic E-state index is 12.6. The lowest BCUT2D eigenvalue weighted by atomic mass is 9.98. The summed E-state index contributed by atoms with van der Waals surface area (Å²) in [5, 5.41) is 13.3. The van der Waals surface area contributed by atoms with Gasteiger partial charge in [0.25, 0.3) is 5.91 Å². The first-order valence-electron chi connectivity index (χ1n) is 8.54. The first-order valence-corrected chi connectivity index (χ1v) is 8.92. The normalized spacial score (nSPS) is 10.5. The zero-order valence-electron chi connectivity index (χ0n) is 14.3. The van der Waals surface area contributed by atoms with Crippen molar-refractivity contribution in [3.63, 3.8) is 0 Å². The summed E-state index contributed by atoms with van der Waals surface area (Å²) in [6, 6.07) is 22.3. The molecule has 0 aliphatic carbocycles. The lowest BCUT2D eigenvalue weighted by Crippen LogP contribution is -2.25. The van der Waals surface area contributed by atoms with E-state index in [2.05, 4.69) is 17.4 Å². The van der Waals surface area contributed by atoms with Gasteiger partial charge in [0.05, 0.1) is 5.56 Å². The standard InChI is InChI=1S/C22H20ClNO2/c23-18-10-4-9-17(14-18)20-12-11-19(25)15-21(20)22(26)24-13-5-8-16-6-2-1-3-7-16/h1-4,6-7,9-12,14-15,25H,5,8,13H2,(H,24,26). The number of phenolic OH excluding ortho intramolecular Hbond substituents is 1. The molecule has 0 aromatic heterocycles. The van der Waals surface area contributed by atoms with Gasteiger partial charge in [0.2, 0.25) is 0 Å². The van der Waals surface area contributed by atoms with E-state index in [4.69, 9.17) is 11.6 Å². The van der Waals surface area contributed by atoms with E-state index in [9.17, 15) is 9.90 Å². The van der Waals surface area contributed by atoms with E-state index in [1.165, 1.54) is 11.6 Å². The maximum atomic E-state index is 12.6. The second kappa shape index (κ2) is 8.54. The molecule has 0 fully saturated rings. The van der Waals surface area contributed by atoms with Crippen molar-refractivity contribution < 1.29 is 9.90 Å². The Labute approximate surface area is 158 Å². The molecule has 0 saturated heterocycles. The fraction of sp³-hybridized carbons (Fsp3) is 0.136. The third kappa shape index (κ3) is 4.64. The monoisotopic (exact) mass is 365 g/mol. The molecule has 3 aromatic carbocycles. The van der Waals surface area contributed by atoms with Gasteiger partial charge < -0.3 is 10.4 Å². The van der Waals surface area contributed by atoms with E-state index < -0.39 is 0 Å². The number of hydrogen-bond donors (Lipinski definition) is 2. The number of benzene rings is 3. The molecule has 2 N–H and O–H groups in total. The van der Waals surface area contributed by atoms with Crippen molar-refractivity contribution in [2.75, 3.05) is 6.54 Å². The number of aryl methyl sites for hydroxylation is 1. The zero-order valence-corrected chi connectivity index (χ0v) is 15.0. The number of phenols is 1. The van der Waals surface area contributed by atoms with Gasteiger partial charge >= 0.3 is 0 Å². The number of aromatic hydroxyl groups is 1. The molecule has 3 rings (SSSR count). The van der Waals surface area contributed by atoms with E-state index in [0.29, 0.717) is 17.1 Å². The van der Waals surface area contributed by atoms with Crippen LogP contribution >= 0.6 is 11.6 Å². The summed E-state index contributed by atoms with van der Waals surface area (Å²) >= 11 is 6.07. The van der Waals surface area contributed by atoms with Gasteiger partial charge in [-0.05, 0) is 59.9 Å². The summed E-state index contributed by atoms with van der Waals surface area (Å²) in [5.41, 5.74) is 3.27. The second-order valence-electron chi connectivity index (χ2n) is 6.09. The minimum Gasteiger partial charge on any atom is -0.508 e. The Morgan fingerprint density at radius 1 is 0.962 bits per heavy atom. The van der Waals surface area contributed by atoms with Crippen LogP contribution < -0.4 is 5.32 Å². The van der Waals surface area contributed by atoms with E-state index in [1.807, 2.05) is 30.3 Å². The lowest BCUT2D eigenvalue weighted by Gasteiger charge is -2.11. The predicted molar refractivity (Wildman–Crippen MR) is 106 cm³/mol. The first-order chi connectivity index (χ1) is 12.6. The average Bonchev–Trinajstić information content (AvgIpc) is 2.66. The highest BCUT2D eigenvalue weighted by atomic mass is 35.5. The van der Waals surface area contributed by atoms with Crippen molar-refractivity contribution in [2.24, 2.45) is 0 Å². The Kier molecular flexibility index (Phi) is 5.92. The SMILES string of the molecule is O=C(NCCCc1ccccc1)c1cc(O)ccc1-c1cccc(Cl)c1. The van der Waals surface area contributed by atoms with E-state index in [0.717, 1.165) is 24.0 Å². The van der Waals surface area contributed by atoms with Gasteiger partial charge in [-0.25, -0.2) is 0 Å². The van der Waals surface area contributed by atoms with E-state index >= 15 is 0 Å². The first kappa shape index (κ1) is 18.0. The number of nitrogens with one attached hydrogen (secondary N) is 1. The number of amides is 1. The highest BCUT2D eigenvalue weighted by Gasteiger charge is 2.14. The fourth-order valence-corrected chi connectivity index (χ4v) is 3.05. The Balaban J connectivity index is 1.69. The lowest BCUT2D eigenvalue weighted by molar-refractivity contribution is 0.0953. The summed E-state index contributed by atoms with van der Waals surface area (Å²) in [7, 11) is 0. The molecule has 4 heteroatoms. The van der Waals surface area contributed by atoms with Crippen LogP contribution in [-0.4, -0.2) is 17.6 Å². The number of hydrogen-bond acceptors (Lipinski definition) is 2. The minimum atomic E-state index is -0.205. The summed E-state index contributed by atoms with van der Waals surface area (Å²) < 4.78 is 0. The summed E-state index contributed by atoms with van der Waals surface area (Å²) in [6.45, 7) is 0.568. The molecule has 0 spiro atoms. The molecular formula is C22H20ClNO2. The molecule has 0 bridgehead atoms. The Morgan fingerprint density at radius 3 is 2.54 bits per heavy atom. The molecular weight excluding hydrogens is 346 g/mol. The van der Waals surface area contributed by atoms with Crippen LogP contribution in [0.4, 0.5) is 0 Å². The van der Waals surface area contributed by atoms with Crippen LogP contribution in [0.1, 0.15) is 22.3 Å². The van der Waals surface area contributed by atoms with Crippen molar-refractivity contribution in [3.8, 4) is 16.9 Å². The second-order valence-corrected chi connectivity index (χ2v) is 6.52. The highest BCUT2D eigenvalue weighted by molar-refractivity contribution is 6.30. The van der Waals surface area contributed by atoms with Crippen molar-refractivity contribution in [3.05, 3.63) is 88.9 Å². The third-order valence-corrected chi connectivity index (χ3v) is 4.39. The Morgan fingerprint density at radius 2 is 1.77 bits per heavy atom. The largest absolute Gasteiger partial charge is 0.508 e. The molecule has 1 amide bonds. The molecule has 0 aliphatic rings. The molecule has 0 aliphatic heterocycles. The van der Waals surface area contributed by atoms with Crippen LogP contribution in [-0.2, 0) is 6.42 Å². The van der Waals surface area contributed by atoms with Crippen LogP contribution in [0.25, 0.3) is 11.1 Å². The van der Waals surface area contributed by atoms with Crippen LogP contribution in [0.2, 0.25) is 5.02 Å². The number of carbonyl (C=O) groups is 1. The number of carbonyl (C=O) groups excluding carboxylic acids is 1. The van der Waals surface area contributed by atoms with E-state index in [-0.39, 0.29) is 11.7 Å². The van der Waals surface area contributed by atoms with Gasteiger partial charge in [-0.2, -0.15) is 0 Å². The zero-order chi connectivity index (χ0) is 18.4. The van der Waals surface area contributed by atoms with E-state index in [1.54, 1.807) is 24.3 Å². The highest BCUT2D eigenvalue weighted by Crippen LogP contribution is 2.28. The molecule has 3 nitrogen and oxygen atoms in total. The van der Waals surface area contributed by atoms with Gasteiger partial charge in [0, 0.05) is 11.6 Å².